The van der Waals surface area contributed by atoms with Crippen LogP contribution >= 0.6 is 0 Å². The first-order valence-electron chi connectivity index (χ1n) is 8.87. The highest BCUT2D eigenvalue weighted by molar-refractivity contribution is 7.89. The van der Waals surface area contributed by atoms with Crippen LogP contribution in [0.1, 0.15) is 6.42 Å². The molecule has 0 spiro atoms. The Kier molecular flexibility index (Phi) is 4.86. The summed E-state index contributed by atoms with van der Waals surface area (Å²) in [6.45, 7) is 0.782. The number of amides is 1. The number of nitrogens with two attached hydrogens (primary N) is 1. The van der Waals surface area contributed by atoms with Crippen molar-refractivity contribution in [3.8, 4) is 17.2 Å². The first-order chi connectivity index (χ1) is 13.4. The molecule has 1 saturated heterocycles. The maximum Gasteiger partial charge on any atom is 0.244 e. The van der Waals surface area contributed by atoms with Gasteiger partial charge < -0.3 is 19.9 Å². The molecule has 2 aliphatic heterocycles. The molecule has 148 valence electrons. The number of primary amides is 1. The van der Waals surface area contributed by atoms with Crippen LogP contribution < -0.4 is 19.9 Å². The average molecular weight is 404 g/mol. The minimum absolute atomic E-state index is 0.0170. The van der Waals surface area contributed by atoms with Crippen LogP contribution in [-0.2, 0) is 14.8 Å². The molecule has 0 aromatic heterocycles. The van der Waals surface area contributed by atoms with Crippen LogP contribution in [-0.4, -0.2) is 50.5 Å². The van der Waals surface area contributed by atoms with Gasteiger partial charge in [0.05, 0.1) is 11.4 Å². The molecular formula is C19H20N2O6S. The molecule has 2 aromatic carbocycles. The lowest BCUT2D eigenvalue weighted by Crippen LogP contribution is -2.43. The Morgan fingerprint density at radius 3 is 2.50 bits per heavy atom. The summed E-state index contributed by atoms with van der Waals surface area (Å²) in [5, 5.41) is 0. The van der Waals surface area contributed by atoms with Crippen LogP contribution in [0.2, 0.25) is 0 Å². The van der Waals surface area contributed by atoms with Gasteiger partial charge in [-0.05, 0) is 24.3 Å². The summed E-state index contributed by atoms with van der Waals surface area (Å²) in [6, 6.07) is 12.5. The molecule has 2 N–H and O–H groups in total. The number of benzene rings is 2. The lowest BCUT2D eigenvalue weighted by Gasteiger charge is -2.23. The highest BCUT2D eigenvalue weighted by Crippen LogP contribution is 2.35. The minimum atomic E-state index is -3.97. The number of rotatable bonds is 5. The van der Waals surface area contributed by atoms with Crippen LogP contribution in [0.5, 0.6) is 17.2 Å². The standard InChI is InChI=1S/C19H20N2O6S/c20-19(22)16-10-14(27-13-4-2-1-3-5-13)12-21(16)28(23,24)15-6-7-17-18(11-15)26-9-8-25-17/h1-7,11,14,16H,8-10,12H2,(H2,20,22)/t14-,16-/m0/s1. The van der Waals surface area contributed by atoms with Crippen molar-refractivity contribution in [2.45, 2.75) is 23.5 Å². The van der Waals surface area contributed by atoms with Crippen LogP contribution in [0.4, 0.5) is 0 Å². The molecule has 0 saturated carbocycles. The smallest absolute Gasteiger partial charge is 0.244 e. The second-order valence-electron chi connectivity index (χ2n) is 6.59. The lowest BCUT2D eigenvalue weighted by molar-refractivity contribution is -0.121. The zero-order valence-electron chi connectivity index (χ0n) is 15.0. The van der Waals surface area contributed by atoms with Crippen molar-refractivity contribution in [1.29, 1.82) is 0 Å². The van der Waals surface area contributed by atoms with E-state index in [2.05, 4.69) is 0 Å². The van der Waals surface area contributed by atoms with Gasteiger partial charge in [-0.1, -0.05) is 18.2 Å². The molecule has 8 nitrogen and oxygen atoms in total. The molecule has 2 aliphatic rings. The van der Waals surface area contributed by atoms with E-state index in [4.69, 9.17) is 19.9 Å². The molecule has 0 unspecified atom stereocenters. The monoisotopic (exact) mass is 404 g/mol. The fraction of sp³-hybridized carbons (Fsp3) is 0.316. The van der Waals surface area contributed by atoms with E-state index in [0.717, 1.165) is 4.31 Å². The van der Waals surface area contributed by atoms with Gasteiger partial charge in [0.1, 0.15) is 31.1 Å². The number of sulfonamides is 1. The SMILES string of the molecule is NC(=O)[C@@H]1C[C@H](Oc2ccccc2)CN1S(=O)(=O)c1ccc2c(c1)OCCO2. The maximum atomic E-state index is 13.2. The van der Waals surface area contributed by atoms with E-state index in [1.54, 1.807) is 18.2 Å². The summed E-state index contributed by atoms with van der Waals surface area (Å²) in [5.41, 5.74) is 5.48. The van der Waals surface area contributed by atoms with E-state index in [9.17, 15) is 13.2 Å². The fourth-order valence-electron chi connectivity index (χ4n) is 3.39. The molecule has 2 aromatic rings. The highest BCUT2D eigenvalue weighted by atomic mass is 32.2. The zero-order valence-corrected chi connectivity index (χ0v) is 15.8. The van der Waals surface area contributed by atoms with E-state index < -0.39 is 28.1 Å². The number of para-hydroxylation sites is 1. The molecular weight excluding hydrogens is 384 g/mol. The van der Waals surface area contributed by atoms with Gasteiger partial charge in [-0.3, -0.25) is 4.79 Å². The molecule has 4 rings (SSSR count). The Bertz CT molecular complexity index is 979. The van der Waals surface area contributed by atoms with E-state index in [1.807, 2.05) is 18.2 Å². The second kappa shape index (κ2) is 7.33. The number of ether oxygens (including phenoxy) is 3. The minimum Gasteiger partial charge on any atom is -0.489 e. The zero-order chi connectivity index (χ0) is 19.7. The Hall–Kier alpha value is -2.78. The Labute approximate surface area is 162 Å². The summed E-state index contributed by atoms with van der Waals surface area (Å²) >= 11 is 0. The van der Waals surface area contributed by atoms with Gasteiger partial charge in [-0.15, -0.1) is 0 Å². The van der Waals surface area contributed by atoms with Crippen molar-refractivity contribution in [2.75, 3.05) is 19.8 Å². The first-order valence-corrected chi connectivity index (χ1v) is 10.3. The van der Waals surface area contributed by atoms with E-state index in [0.29, 0.717) is 30.5 Å². The van der Waals surface area contributed by atoms with Crippen molar-refractivity contribution in [3.05, 3.63) is 48.5 Å². The first kappa shape index (κ1) is 18.6. The second-order valence-corrected chi connectivity index (χ2v) is 8.48. The number of fused-ring (bicyclic) bond motifs is 1. The summed E-state index contributed by atoms with van der Waals surface area (Å²) in [6.07, 6.45) is -0.291. The number of carbonyl (C=O) groups excluding carboxylic acids is 1. The molecule has 1 fully saturated rings. The largest absolute Gasteiger partial charge is 0.489 e. The van der Waals surface area contributed by atoms with Crippen LogP contribution in [0.15, 0.2) is 53.4 Å². The molecule has 0 aliphatic carbocycles. The van der Waals surface area contributed by atoms with Crippen molar-refractivity contribution >= 4 is 15.9 Å². The van der Waals surface area contributed by atoms with Crippen LogP contribution in [0, 0.1) is 0 Å². The lowest BCUT2D eigenvalue weighted by atomic mass is 10.2. The molecule has 9 heteroatoms. The number of carbonyl (C=O) groups is 1. The Morgan fingerprint density at radius 2 is 1.79 bits per heavy atom. The third kappa shape index (κ3) is 3.50. The van der Waals surface area contributed by atoms with Gasteiger partial charge in [-0.2, -0.15) is 4.31 Å². The summed E-state index contributed by atoms with van der Waals surface area (Å²) in [4.78, 5) is 12.0. The van der Waals surface area contributed by atoms with Gasteiger partial charge in [0.25, 0.3) is 0 Å². The van der Waals surface area contributed by atoms with E-state index in [-0.39, 0.29) is 17.9 Å². The van der Waals surface area contributed by atoms with Crippen molar-refractivity contribution in [1.82, 2.24) is 4.31 Å². The predicted molar refractivity (Wildman–Crippen MR) is 99.8 cm³/mol. The number of hydrogen-bond donors (Lipinski definition) is 1. The normalized spacial score (nSPS) is 22.0. The maximum absolute atomic E-state index is 13.2. The van der Waals surface area contributed by atoms with E-state index in [1.165, 1.54) is 12.1 Å². The Balaban J connectivity index is 1.60. The molecule has 0 bridgehead atoms. The van der Waals surface area contributed by atoms with Crippen molar-refractivity contribution < 1.29 is 27.4 Å². The molecule has 1 amide bonds. The number of nitrogens with zero attached hydrogens (tertiary/aromatic N) is 1. The van der Waals surface area contributed by atoms with Crippen molar-refractivity contribution in [2.24, 2.45) is 5.73 Å². The highest BCUT2D eigenvalue weighted by Gasteiger charge is 2.44. The molecule has 2 atom stereocenters. The molecule has 0 radical (unpaired) electrons. The van der Waals surface area contributed by atoms with Gasteiger partial charge in [0, 0.05) is 12.5 Å². The third-order valence-electron chi connectivity index (χ3n) is 4.71. The summed E-state index contributed by atoms with van der Waals surface area (Å²) in [7, 11) is -3.97. The molecule has 2 heterocycles. The predicted octanol–water partition coefficient (Wildman–Crippen LogP) is 1.15. The third-order valence-corrected chi connectivity index (χ3v) is 6.58. The van der Waals surface area contributed by atoms with Gasteiger partial charge >= 0.3 is 0 Å². The number of hydrogen-bond acceptors (Lipinski definition) is 6. The fourth-order valence-corrected chi connectivity index (χ4v) is 5.04. The topological polar surface area (TPSA) is 108 Å². The van der Waals surface area contributed by atoms with Crippen LogP contribution in [0.25, 0.3) is 0 Å². The Morgan fingerprint density at radius 1 is 1.07 bits per heavy atom. The van der Waals surface area contributed by atoms with Gasteiger partial charge in [-0.25, -0.2) is 8.42 Å². The average Bonchev–Trinajstić information content (AvgIpc) is 3.13. The summed E-state index contributed by atoms with van der Waals surface area (Å²) in [5.74, 6) is 0.747. The van der Waals surface area contributed by atoms with E-state index >= 15 is 0 Å². The van der Waals surface area contributed by atoms with Crippen LogP contribution in [0.3, 0.4) is 0 Å². The van der Waals surface area contributed by atoms with Gasteiger partial charge in [0.2, 0.25) is 15.9 Å². The van der Waals surface area contributed by atoms with Gasteiger partial charge in [0.15, 0.2) is 11.5 Å². The van der Waals surface area contributed by atoms with Crippen molar-refractivity contribution in [3.63, 3.8) is 0 Å². The summed E-state index contributed by atoms with van der Waals surface area (Å²) < 4.78 is 44.3. The quantitative estimate of drug-likeness (QED) is 0.801. The molecule has 28 heavy (non-hydrogen) atoms.